The molecule has 8 nitrogen and oxygen atoms in total. The van der Waals surface area contributed by atoms with Gasteiger partial charge in [0.05, 0.1) is 12.2 Å². The lowest BCUT2D eigenvalue weighted by molar-refractivity contribution is -0.205. The molecule has 5 rings (SSSR count). The summed E-state index contributed by atoms with van der Waals surface area (Å²) in [4.78, 5) is 51.6. The molecule has 10 atom stereocenters. The van der Waals surface area contributed by atoms with Crippen LogP contribution in [-0.2, 0) is 33.4 Å². The molecule has 0 spiro atoms. The second kappa shape index (κ2) is 9.85. The third kappa shape index (κ3) is 4.45. The average Bonchev–Trinajstić information content (AvgIpc) is 3.13. The van der Waals surface area contributed by atoms with Crippen LogP contribution in [0.2, 0.25) is 0 Å². The summed E-state index contributed by atoms with van der Waals surface area (Å²) in [7, 11) is 0. The Balaban J connectivity index is 1.54. The molecule has 10 unspecified atom stereocenters. The normalized spacial score (nSPS) is 44.4. The third-order valence-electron chi connectivity index (χ3n) is 12.0. The lowest BCUT2D eigenvalue weighted by atomic mass is 9.38. The molecule has 0 amide bonds. The summed E-state index contributed by atoms with van der Waals surface area (Å²) in [6, 6.07) is 0. The van der Waals surface area contributed by atoms with Crippen molar-refractivity contribution >= 4 is 23.5 Å². The van der Waals surface area contributed by atoms with Crippen LogP contribution >= 0.6 is 0 Å². The highest BCUT2D eigenvalue weighted by molar-refractivity contribution is 5.98. The van der Waals surface area contributed by atoms with Crippen molar-refractivity contribution in [1.82, 2.24) is 0 Å². The van der Waals surface area contributed by atoms with Crippen molar-refractivity contribution in [3.63, 3.8) is 0 Å². The minimum Gasteiger partial charge on any atom is -0.462 e. The predicted molar refractivity (Wildman–Crippen MR) is 155 cm³/mol. The van der Waals surface area contributed by atoms with E-state index in [0.29, 0.717) is 12.8 Å². The SMILES string of the molecule is CC(=O)OC1CC(C2C(=O)C=C3C2(C)CCC2C4(C)C=CC(=O)C(C)(C)C4CC(OC(C)=O)C32C)COC1C(C)(C)O. The fourth-order valence-corrected chi connectivity index (χ4v) is 10.3. The number of rotatable bonds is 4. The van der Waals surface area contributed by atoms with E-state index in [0.717, 1.165) is 18.4 Å². The zero-order valence-corrected chi connectivity index (χ0v) is 26.6. The maximum atomic E-state index is 14.1. The summed E-state index contributed by atoms with van der Waals surface area (Å²) in [5, 5.41) is 10.7. The van der Waals surface area contributed by atoms with Crippen LogP contribution in [0.5, 0.6) is 0 Å². The molecule has 232 valence electrons. The lowest BCUT2D eigenvalue weighted by Gasteiger charge is -2.66. The van der Waals surface area contributed by atoms with Crippen LogP contribution in [0.4, 0.5) is 0 Å². The lowest BCUT2D eigenvalue weighted by Crippen LogP contribution is -2.64. The molecule has 1 saturated heterocycles. The summed E-state index contributed by atoms with van der Waals surface area (Å²) in [5.74, 6) is -1.28. The van der Waals surface area contributed by atoms with Gasteiger partial charge in [0, 0.05) is 30.6 Å². The van der Waals surface area contributed by atoms with Crippen molar-refractivity contribution in [2.75, 3.05) is 6.61 Å². The number of hydrogen-bond donors (Lipinski definition) is 1. The molecule has 1 heterocycles. The summed E-state index contributed by atoms with van der Waals surface area (Å²) in [5.41, 5.74) is -2.25. The molecule has 0 bridgehead atoms. The highest BCUT2D eigenvalue weighted by atomic mass is 16.6. The number of hydrogen-bond acceptors (Lipinski definition) is 8. The molecular formula is C34H48O8. The molecule has 1 aliphatic heterocycles. The molecule has 3 fully saturated rings. The number of allylic oxidation sites excluding steroid dienone is 3. The molecule has 0 radical (unpaired) electrons. The van der Waals surface area contributed by atoms with Crippen LogP contribution < -0.4 is 0 Å². The molecular weight excluding hydrogens is 536 g/mol. The maximum absolute atomic E-state index is 14.1. The zero-order chi connectivity index (χ0) is 31.2. The van der Waals surface area contributed by atoms with Crippen LogP contribution in [0, 0.1) is 45.3 Å². The van der Waals surface area contributed by atoms with E-state index in [9.17, 15) is 24.3 Å². The van der Waals surface area contributed by atoms with Crippen molar-refractivity contribution in [3.05, 3.63) is 23.8 Å². The first-order valence-electron chi connectivity index (χ1n) is 15.5. The Hall–Kier alpha value is -2.32. The largest absolute Gasteiger partial charge is 0.462 e. The highest BCUT2D eigenvalue weighted by Crippen LogP contribution is 2.72. The Labute approximate surface area is 249 Å². The molecule has 8 heteroatoms. The zero-order valence-electron chi connectivity index (χ0n) is 26.6. The van der Waals surface area contributed by atoms with Crippen LogP contribution in [0.15, 0.2) is 23.8 Å². The van der Waals surface area contributed by atoms with E-state index in [1.807, 2.05) is 19.9 Å². The van der Waals surface area contributed by atoms with E-state index in [4.69, 9.17) is 14.2 Å². The van der Waals surface area contributed by atoms with E-state index >= 15 is 0 Å². The minimum absolute atomic E-state index is 0.0159. The average molecular weight is 585 g/mol. The summed E-state index contributed by atoms with van der Waals surface area (Å²) in [6.45, 7) is 16.9. The van der Waals surface area contributed by atoms with Gasteiger partial charge in [0.25, 0.3) is 0 Å². The van der Waals surface area contributed by atoms with E-state index in [1.165, 1.54) is 13.8 Å². The van der Waals surface area contributed by atoms with E-state index in [-0.39, 0.29) is 47.3 Å². The molecule has 1 N–H and O–H groups in total. The van der Waals surface area contributed by atoms with Gasteiger partial charge < -0.3 is 19.3 Å². The summed E-state index contributed by atoms with van der Waals surface area (Å²) < 4.78 is 17.9. The molecule has 0 aromatic rings. The Morgan fingerprint density at radius 2 is 1.64 bits per heavy atom. The molecule has 4 aliphatic carbocycles. The molecule has 0 aromatic carbocycles. The topological polar surface area (TPSA) is 116 Å². The number of esters is 2. The standard InChI is InChI=1S/C34H48O8/c1-18(35)41-22-14-20(17-40-29(22)31(5,6)39)28-21(37)15-25-33(28,8)12-10-23-32(7)13-11-26(38)30(3,4)24(32)16-27(34(23,25)9)42-19(2)36/h11,13,15,20,22-24,27-29,39H,10,12,14,16-17H2,1-9H3. The Kier molecular flexibility index (Phi) is 7.30. The van der Waals surface area contributed by atoms with Gasteiger partial charge in [0.2, 0.25) is 0 Å². The summed E-state index contributed by atoms with van der Waals surface area (Å²) >= 11 is 0. The highest BCUT2D eigenvalue weighted by Gasteiger charge is 2.70. The quantitative estimate of drug-likeness (QED) is 0.470. The molecule has 2 saturated carbocycles. The third-order valence-corrected chi connectivity index (χ3v) is 12.0. The number of ether oxygens (including phenoxy) is 3. The van der Waals surface area contributed by atoms with Gasteiger partial charge in [-0.1, -0.05) is 46.3 Å². The number of carbonyl (C=O) groups excluding carboxylic acids is 4. The van der Waals surface area contributed by atoms with E-state index in [2.05, 4.69) is 26.8 Å². The van der Waals surface area contributed by atoms with Crippen molar-refractivity contribution < 1.29 is 38.5 Å². The van der Waals surface area contributed by atoms with Gasteiger partial charge in [-0.25, -0.2) is 0 Å². The van der Waals surface area contributed by atoms with Crippen molar-refractivity contribution in [3.8, 4) is 0 Å². The number of fused-ring (bicyclic) bond motifs is 5. The van der Waals surface area contributed by atoms with Crippen molar-refractivity contribution in [2.24, 2.45) is 45.3 Å². The Morgan fingerprint density at radius 3 is 2.24 bits per heavy atom. The molecule has 42 heavy (non-hydrogen) atoms. The van der Waals surface area contributed by atoms with Crippen LogP contribution in [-0.4, -0.2) is 59.1 Å². The van der Waals surface area contributed by atoms with Gasteiger partial charge in [-0.3, -0.25) is 19.2 Å². The van der Waals surface area contributed by atoms with E-state index in [1.54, 1.807) is 19.9 Å². The van der Waals surface area contributed by atoms with Gasteiger partial charge in [-0.2, -0.15) is 0 Å². The second-order valence-electron chi connectivity index (χ2n) is 15.5. The van der Waals surface area contributed by atoms with Gasteiger partial charge in [0.1, 0.15) is 18.3 Å². The predicted octanol–water partition coefficient (Wildman–Crippen LogP) is 4.77. The Bertz CT molecular complexity index is 1250. The number of carbonyl (C=O) groups is 4. The first-order chi connectivity index (χ1) is 19.3. The van der Waals surface area contributed by atoms with Gasteiger partial charge in [-0.15, -0.1) is 0 Å². The number of aliphatic hydroxyl groups is 1. The van der Waals surface area contributed by atoms with Gasteiger partial charge in [-0.05, 0) is 80.3 Å². The fourth-order valence-electron chi connectivity index (χ4n) is 10.3. The van der Waals surface area contributed by atoms with Gasteiger partial charge in [0.15, 0.2) is 11.6 Å². The monoisotopic (exact) mass is 584 g/mol. The van der Waals surface area contributed by atoms with Gasteiger partial charge >= 0.3 is 11.9 Å². The van der Waals surface area contributed by atoms with Crippen LogP contribution in [0.25, 0.3) is 0 Å². The van der Waals surface area contributed by atoms with Crippen LogP contribution in [0.1, 0.15) is 88.0 Å². The van der Waals surface area contributed by atoms with Crippen molar-refractivity contribution in [2.45, 2.75) is 112 Å². The molecule has 5 aliphatic rings. The smallest absolute Gasteiger partial charge is 0.302 e. The summed E-state index contributed by atoms with van der Waals surface area (Å²) in [6.07, 6.45) is 6.29. The first kappa shape index (κ1) is 31.1. The minimum atomic E-state index is -1.22. The maximum Gasteiger partial charge on any atom is 0.302 e. The second-order valence-corrected chi connectivity index (χ2v) is 15.5. The molecule has 0 aromatic heterocycles. The van der Waals surface area contributed by atoms with Crippen LogP contribution in [0.3, 0.4) is 0 Å². The fraction of sp³-hybridized carbons (Fsp3) is 0.765. The number of ketones is 2. The van der Waals surface area contributed by atoms with E-state index < -0.39 is 52.0 Å². The van der Waals surface area contributed by atoms with Crippen molar-refractivity contribution in [1.29, 1.82) is 0 Å². The Morgan fingerprint density at radius 1 is 1.00 bits per heavy atom. The first-order valence-corrected chi connectivity index (χ1v) is 15.5.